The molecule has 3 heterocycles. The van der Waals surface area contributed by atoms with Crippen LogP contribution in [0.3, 0.4) is 0 Å². The predicted octanol–water partition coefficient (Wildman–Crippen LogP) is 3.50. The number of amides is 1. The van der Waals surface area contributed by atoms with Gasteiger partial charge in [0.05, 0.1) is 11.9 Å². The van der Waals surface area contributed by atoms with Crippen molar-refractivity contribution in [2.24, 2.45) is 14.1 Å². The molecule has 0 aliphatic heterocycles. The number of hydrogen-bond donors (Lipinski definition) is 2. The van der Waals surface area contributed by atoms with Crippen molar-refractivity contribution >= 4 is 23.2 Å². The van der Waals surface area contributed by atoms with E-state index in [1.165, 1.54) is 37.7 Å². The lowest BCUT2D eigenvalue weighted by Gasteiger charge is -2.25. The van der Waals surface area contributed by atoms with Crippen molar-refractivity contribution < 1.29 is 18.8 Å². The minimum atomic E-state index is -0.828. The van der Waals surface area contributed by atoms with Crippen LogP contribution in [0, 0.1) is 12.7 Å². The molecule has 1 aromatic carbocycles. The topological polar surface area (TPSA) is 128 Å². The highest BCUT2D eigenvalue weighted by Crippen LogP contribution is 2.40. The standard InChI is InChI=1S/C23H22ClFN6O4/c1-11-7-17(29-31(11)4)18(15-8-13(25)5-6-16(15)24)12(2)21-28-19(20(32)23(34)30(21)3)22(33)27-14-9-26-35-10-14/h5-10,12,18,32H,1-4H3,(H,27,33)/t12-,18-/m0/s1. The maximum atomic E-state index is 14.3. The summed E-state index contributed by atoms with van der Waals surface area (Å²) in [4.78, 5) is 30.0. The molecule has 182 valence electrons. The van der Waals surface area contributed by atoms with E-state index in [9.17, 15) is 19.1 Å². The number of aromatic hydroxyl groups is 1. The third-order valence-electron chi connectivity index (χ3n) is 5.86. The van der Waals surface area contributed by atoms with Gasteiger partial charge >= 0.3 is 0 Å². The highest BCUT2D eigenvalue weighted by molar-refractivity contribution is 6.31. The highest BCUT2D eigenvalue weighted by Gasteiger charge is 2.32. The van der Waals surface area contributed by atoms with Gasteiger partial charge in [-0.15, -0.1) is 0 Å². The van der Waals surface area contributed by atoms with Gasteiger partial charge in [0, 0.05) is 36.6 Å². The van der Waals surface area contributed by atoms with Crippen LogP contribution in [0.4, 0.5) is 10.1 Å². The Balaban J connectivity index is 1.87. The van der Waals surface area contributed by atoms with E-state index in [4.69, 9.17) is 11.6 Å². The number of rotatable bonds is 6. The summed E-state index contributed by atoms with van der Waals surface area (Å²) in [6, 6.07) is 5.84. The zero-order chi connectivity index (χ0) is 25.4. The fourth-order valence-electron chi connectivity index (χ4n) is 3.96. The molecular formula is C23H22ClFN6O4. The summed E-state index contributed by atoms with van der Waals surface area (Å²) in [5.41, 5.74) is 0.792. The molecule has 2 atom stereocenters. The van der Waals surface area contributed by atoms with Gasteiger partial charge in [0.25, 0.3) is 11.5 Å². The molecule has 12 heteroatoms. The first kappa shape index (κ1) is 24.1. The monoisotopic (exact) mass is 500 g/mol. The SMILES string of the molecule is Cc1cc([C@H](c2cc(F)ccc2Cl)[C@H](C)c2nc(C(=O)Nc3cnoc3)c(O)c(=O)n2C)nn1C. The molecule has 10 nitrogen and oxygen atoms in total. The third kappa shape index (κ3) is 4.54. The third-order valence-corrected chi connectivity index (χ3v) is 6.20. The average molecular weight is 501 g/mol. The number of nitrogens with zero attached hydrogens (tertiary/aromatic N) is 5. The molecule has 35 heavy (non-hydrogen) atoms. The Bertz CT molecular complexity index is 1440. The van der Waals surface area contributed by atoms with Gasteiger partial charge in [-0.3, -0.25) is 18.8 Å². The van der Waals surface area contributed by atoms with Crippen molar-refractivity contribution in [3.05, 3.63) is 86.4 Å². The molecule has 0 spiro atoms. The van der Waals surface area contributed by atoms with E-state index in [0.29, 0.717) is 16.3 Å². The number of halogens is 2. The number of carbonyl (C=O) groups excluding carboxylic acids is 1. The molecule has 4 aromatic rings. The van der Waals surface area contributed by atoms with Crippen LogP contribution in [0.2, 0.25) is 5.02 Å². The first-order valence-corrected chi connectivity index (χ1v) is 10.9. The van der Waals surface area contributed by atoms with Crippen LogP contribution in [0.1, 0.15) is 52.0 Å². The highest BCUT2D eigenvalue weighted by atomic mass is 35.5. The van der Waals surface area contributed by atoms with Crippen LogP contribution in [-0.4, -0.2) is 35.5 Å². The summed E-state index contributed by atoms with van der Waals surface area (Å²) in [5, 5.41) is 21.2. The number of nitrogens with one attached hydrogen (secondary N) is 1. The lowest BCUT2D eigenvalue weighted by atomic mass is 9.83. The van der Waals surface area contributed by atoms with E-state index in [1.54, 1.807) is 18.7 Å². The first-order chi connectivity index (χ1) is 16.6. The lowest BCUT2D eigenvalue weighted by molar-refractivity contribution is 0.101. The van der Waals surface area contributed by atoms with Gasteiger partial charge in [-0.2, -0.15) is 5.10 Å². The average Bonchev–Trinajstić information content (AvgIpc) is 3.44. The van der Waals surface area contributed by atoms with Crippen LogP contribution in [0.25, 0.3) is 0 Å². The molecular weight excluding hydrogens is 479 g/mol. The maximum Gasteiger partial charge on any atom is 0.296 e. The Hall–Kier alpha value is -3.99. The van der Waals surface area contributed by atoms with E-state index in [0.717, 1.165) is 10.3 Å². The van der Waals surface area contributed by atoms with Crippen molar-refractivity contribution in [3.63, 3.8) is 0 Å². The smallest absolute Gasteiger partial charge is 0.296 e. The Labute approximate surface area is 204 Å². The van der Waals surface area contributed by atoms with E-state index in [-0.39, 0.29) is 11.5 Å². The normalized spacial score (nSPS) is 13.0. The van der Waals surface area contributed by atoms with E-state index in [1.807, 2.05) is 13.0 Å². The second-order valence-corrected chi connectivity index (χ2v) is 8.57. The number of aromatic nitrogens is 5. The van der Waals surface area contributed by atoms with Gasteiger partial charge in [0.15, 0.2) is 5.69 Å². The van der Waals surface area contributed by atoms with Crippen molar-refractivity contribution in [1.82, 2.24) is 24.5 Å². The largest absolute Gasteiger partial charge is 0.501 e. The molecule has 0 aliphatic rings. The molecule has 0 fully saturated rings. The van der Waals surface area contributed by atoms with Crippen molar-refractivity contribution in [2.75, 3.05) is 5.32 Å². The van der Waals surface area contributed by atoms with Crippen LogP contribution < -0.4 is 10.9 Å². The van der Waals surface area contributed by atoms with Gasteiger partial charge in [0.2, 0.25) is 5.75 Å². The number of benzene rings is 1. The summed E-state index contributed by atoms with van der Waals surface area (Å²) in [6.45, 7) is 3.63. The second kappa shape index (κ2) is 9.34. The Morgan fingerprint density at radius 1 is 1.29 bits per heavy atom. The molecule has 0 aliphatic carbocycles. The zero-order valence-electron chi connectivity index (χ0n) is 19.3. The second-order valence-electron chi connectivity index (χ2n) is 8.16. The van der Waals surface area contributed by atoms with Crippen LogP contribution in [0.5, 0.6) is 5.75 Å². The summed E-state index contributed by atoms with van der Waals surface area (Å²) in [7, 11) is 3.20. The Morgan fingerprint density at radius 3 is 2.66 bits per heavy atom. The first-order valence-electron chi connectivity index (χ1n) is 10.5. The minimum Gasteiger partial charge on any atom is -0.501 e. The molecule has 0 bridgehead atoms. The van der Waals surface area contributed by atoms with Crippen molar-refractivity contribution in [3.8, 4) is 5.75 Å². The molecule has 2 N–H and O–H groups in total. The van der Waals surface area contributed by atoms with Crippen LogP contribution >= 0.6 is 11.6 Å². The number of aryl methyl sites for hydroxylation is 2. The number of carbonyl (C=O) groups is 1. The van der Waals surface area contributed by atoms with Gasteiger partial charge in [0.1, 0.15) is 23.6 Å². The number of hydrogen-bond acceptors (Lipinski definition) is 7. The fourth-order valence-corrected chi connectivity index (χ4v) is 4.19. The molecule has 4 rings (SSSR count). The summed E-state index contributed by atoms with van der Waals surface area (Å²) < 4.78 is 21.8. The van der Waals surface area contributed by atoms with Gasteiger partial charge in [-0.1, -0.05) is 23.7 Å². The fraction of sp³-hybridized carbons (Fsp3) is 0.261. The Kier molecular flexibility index (Phi) is 6.44. The molecule has 0 saturated carbocycles. The predicted molar refractivity (Wildman–Crippen MR) is 125 cm³/mol. The number of anilines is 1. The van der Waals surface area contributed by atoms with Gasteiger partial charge in [-0.05, 0) is 36.8 Å². The van der Waals surface area contributed by atoms with Crippen molar-refractivity contribution in [1.29, 1.82) is 0 Å². The molecule has 1 amide bonds. The van der Waals surface area contributed by atoms with E-state index in [2.05, 4.69) is 25.1 Å². The van der Waals surface area contributed by atoms with Gasteiger partial charge in [-0.25, -0.2) is 9.37 Å². The van der Waals surface area contributed by atoms with E-state index >= 15 is 0 Å². The maximum absolute atomic E-state index is 14.3. The van der Waals surface area contributed by atoms with Gasteiger partial charge < -0.3 is 14.9 Å². The summed E-state index contributed by atoms with van der Waals surface area (Å²) in [6.07, 6.45) is 2.44. The zero-order valence-corrected chi connectivity index (χ0v) is 20.0. The molecule has 3 aromatic heterocycles. The van der Waals surface area contributed by atoms with E-state index < -0.39 is 40.6 Å². The molecule has 0 unspecified atom stereocenters. The van der Waals surface area contributed by atoms with Crippen LogP contribution in [0.15, 0.2) is 46.0 Å². The minimum absolute atomic E-state index is 0.164. The lowest BCUT2D eigenvalue weighted by Crippen LogP contribution is -2.29. The van der Waals surface area contributed by atoms with Crippen LogP contribution in [-0.2, 0) is 14.1 Å². The summed E-state index contributed by atoms with van der Waals surface area (Å²) >= 11 is 6.47. The molecule has 0 saturated heterocycles. The summed E-state index contributed by atoms with van der Waals surface area (Å²) in [5.74, 6) is -3.22. The van der Waals surface area contributed by atoms with Crippen molar-refractivity contribution in [2.45, 2.75) is 25.7 Å². The quantitative estimate of drug-likeness (QED) is 0.414. The molecule has 0 radical (unpaired) electrons. The Morgan fingerprint density at radius 2 is 2.03 bits per heavy atom.